The van der Waals surface area contributed by atoms with Gasteiger partial charge in [0.1, 0.15) is 33.5 Å². The van der Waals surface area contributed by atoms with Gasteiger partial charge in [-0.3, -0.25) is 0 Å². The monoisotopic (exact) mass is 1570 g/mol. The number of benzene rings is 21. The molecule has 0 spiro atoms. The predicted molar refractivity (Wildman–Crippen MR) is 518 cm³/mol. The summed E-state index contributed by atoms with van der Waals surface area (Å²) in [5, 5.41) is 21.7. The summed E-state index contributed by atoms with van der Waals surface area (Å²) in [4.78, 5) is 0. The minimum Gasteiger partial charge on any atom is -0.456 e. The van der Waals surface area contributed by atoms with Crippen molar-refractivity contribution in [2.45, 2.75) is 38.5 Å². The third kappa shape index (κ3) is 10.7. The Hall–Kier alpha value is -15.4. The van der Waals surface area contributed by atoms with Gasteiger partial charge in [-0.05, 0) is 259 Å². The lowest BCUT2D eigenvalue weighted by Gasteiger charge is -2.21. The molecular weight excluding hydrogens is 1490 g/mol. The fourth-order valence-corrected chi connectivity index (χ4v) is 21.6. The largest absolute Gasteiger partial charge is 0.456 e. The molecule has 0 saturated heterocycles. The molecule has 26 rings (SSSR count). The molecule has 0 fully saturated rings. The first kappa shape index (κ1) is 70.6. The predicted octanol–water partition coefficient (Wildman–Crippen LogP) is 33.9. The zero-order valence-corrected chi connectivity index (χ0v) is 68.3. The van der Waals surface area contributed by atoms with E-state index in [4.69, 9.17) is 13.3 Å². The first-order valence-electron chi connectivity index (χ1n) is 42.8. The maximum absolute atomic E-state index is 6.62. The summed E-state index contributed by atoms with van der Waals surface area (Å²) >= 11 is 0. The van der Waals surface area contributed by atoms with Gasteiger partial charge in [0.25, 0.3) is 0 Å². The van der Waals surface area contributed by atoms with E-state index in [0.29, 0.717) is 0 Å². The highest BCUT2D eigenvalue weighted by atomic mass is 16.3. The van der Waals surface area contributed by atoms with Gasteiger partial charge >= 0.3 is 0 Å². The molecule has 3 heterocycles. The standard InChI is InChI=1S/C63H40O2.C57H38O/c1-63(2)54-30-27-38(35-53(54)61-41-15-4-3-14-37(41)26-31-55(61)63)39-28-32-57-51(34-39)52-36-40(29-33-58(52)64-57)59-45-19-7-9-21-47(45)60(48-22-10-8-20-46(48)59)44-18-6-5-16-42(44)49-23-13-24-50-43-17-11-12-25-56(43)65-62(49)50;1-57(2)50-28-25-37(33-49(50)56-41-18-7-6-16-36(41)24-29-51(56)57)38-26-30-52-47(32-38)48-34-39(27-31-53(48)58-52)54-43-20-10-12-22-45(43)55(46-23-13-11-21-44(46)54)42-19-9-8-17-40(42)35-14-4-3-5-15-35/h3-36H,1-2H3;3-34H,1-2H3. The summed E-state index contributed by atoms with van der Waals surface area (Å²) in [6, 6.07) is 147. The third-order valence-electron chi connectivity index (χ3n) is 27.3. The van der Waals surface area contributed by atoms with Crippen molar-refractivity contribution in [2.24, 2.45) is 0 Å². The maximum Gasteiger partial charge on any atom is 0.143 e. The van der Waals surface area contributed by atoms with E-state index >= 15 is 0 Å². The van der Waals surface area contributed by atoms with Crippen molar-refractivity contribution < 1.29 is 13.3 Å². The van der Waals surface area contributed by atoms with Gasteiger partial charge < -0.3 is 13.3 Å². The van der Waals surface area contributed by atoms with Crippen LogP contribution in [0.5, 0.6) is 0 Å². The smallest absolute Gasteiger partial charge is 0.143 e. The van der Waals surface area contributed by atoms with E-state index < -0.39 is 0 Å². The second kappa shape index (κ2) is 27.0. The SMILES string of the molecule is CC1(C)c2ccc(-c3ccc4oc5ccc(-c6c7ccccc7c(-c7ccccc7-c7cccc8c7oc7ccccc78)c7ccccc67)cc5c4c3)cc2-c2c1ccc1ccccc21.CC1(C)c2ccc(-c3ccc4oc5ccc(-c6c7ccccc7c(-c7ccccc7-c7ccccc7)c7ccccc67)cc5c4c3)cc2-c2c1ccc1ccccc21. The van der Waals surface area contributed by atoms with Crippen LogP contribution >= 0.6 is 0 Å². The molecule has 576 valence electrons. The zero-order valence-electron chi connectivity index (χ0n) is 68.3. The Bertz CT molecular complexity index is 8520. The van der Waals surface area contributed by atoms with Gasteiger partial charge in [0.2, 0.25) is 0 Å². The Balaban J connectivity index is 0.000000136. The maximum atomic E-state index is 6.62. The van der Waals surface area contributed by atoms with Crippen LogP contribution in [0, 0.1) is 0 Å². The first-order valence-corrected chi connectivity index (χ1v) is 42.8. The van der Waals surface area contributed by atoms with Crippen molar-refractivity contribution in [3.05, 3.63) is 423 Å². The zero-order chi connectivity index (χ0) is 81.5. The normalized spacial score (nSPS) is 13.2. The van der Waals surface area contributed by atoms with Crippen LogP contribution in [0.3, 0.4) is 0 Å². The molecular formula is C120H78O3. The Morgan fingerprint density at radius 1 is 0.154 bits per heavy atom. The Morgan fingerprint density at radius 3 is 0.919 bits per heavy atom. The van der Waals surface area contributed by atoms with Gasteiger partial charge in [-0.25, -0.2) is 0 Å². The molecule has 2 aliphatic rings. The van der Waals surface area contributed by atoms with Gasteiger partial charge in [-0.2, -0.15) is 0 Å². The molecule has 0 unspecified atom stereocenters. The number of rotatable bonds is 8. The highest BCUT2D eigenvalue weighted by Gasteiger charge is 2.39. The van der Waals surface area contributed by atoms with Crippen LogP contribution in [-0.2, 0) is 10.8 Å². The molecule has 0 aliphatic heterocycles. The molecule has 0 atom stereocenters. The Morgan fingerprint density at radius 2 is 0.463 bits per heavy atom. The van der Waals surface area contributed by atoms with E-state index in [9.17, 15) is 0 Å². The van der Waals surface area contributed by atoms with Crippen LogP contribution in [0.15, 0.2) is 414 Å². The Labute approximate surface area is 711 Å². The molecule has 21 aromatic carbocycles. The summed E-state index contributed by atoms with van der Waals surface area (Å²) in [5.41, 5.74) is 35.4. The number of hydrogen-bond donors (Lipinski definition) is 0. The molecule has 0 N–H and O–H groups in total. The molecule has 0 amide bonds. The fourth-order valence-electron chi connectivity index (χ4n) is 21.6. The molecule has 24 aromatic rings. The summed E-state index contributed by atoms with van der Waals surface area (Å²) in [6.45, 7) is 9.43. The van der Waals surface area contributed by atoms with Gasteiger partial charge in [-0.15, -0.1) is 0 Å². The van der Waals surface area contributed by atoms with E-state index in [1.165, 1.54) is 181 Å². The summed E-state index contributed by atoms with van der Waals surface area (Å²) in [6.07, 6.45) is 0. The van der Waals surface area contributed by atoms with Crippen LogP contribution in [-0.4, -0.2) is 0 Å². The molecule has 3 nitrogen and oxygen atoms in total. The van der Waals surface area contributed by atoms with Crippen LogP contribution in [0.1, 0.15) is 49.9 Å². The molecule has 0 saturated carbocycles. The third-order valence-corrected chi connectivity index (χ3v) is 27.3. The van der Waals surface area contributed by atoms with E-state index in [0.717, 1.165) is 82.5 Å². The number of hydrogen-bond acceptors (Lipinski definition) is 3. The van der Waals surface area contributed by atoms with Crippen molar-refractivity contribution in [2.75, 3.05) is 0 Å². The quantitative estimate of drug-likeness (QED) is 0.142. The summed E-state index contributed by atoms with van der Waals surface area (Å²) in [5.74, 6) is 0. The molecule has 123 heavy (non-hydrogen) atoms. The Kier molecular flexibility index (Phi) is 15.5. The van der Waals surface area contributed by atoms with Crippen LogP contribution in [0.4, 0.5) is 0 Å². The average Bonchev–Trinajstić information content (AvgIpc) is 1.71. The summed E-state index contributed by atoms with van der Waals surface area (Å²) in [7, 11) is 0. The molecule has 3 aromatic heterocycles. The van der Waals surface area contributed by atoms with Crippen molar-refractivity contribution >= 4 is 130 Å². The van der Waals surface area contributed by atoms with Crippen molar-refractivity contribution in [1.29, 1.82) is 0 Å². The number of para-hydroxylation sites is 2. The van der Waals surface area contributed by atoms with Crippen molar-refractivity contribution in [3.8, 4) is 111 Å². The van der Waals surface area contributed by atoms with Gasteiger partial charge in [0.05, 0.1) is 0 Å². The number of furan rings is 3. The topological polar surface area (TPSA) is 39.4 Å². The minimum atomic E-state index is -0.0750. The van der Waals surface area contributed by atoms with Crippen molar-refractivity contribution in [3.63, 3.8) is 0 Å². The van der Waals surface area contributed by atoms with Crippen LogP contribution < -0.4 is 0 Å². The highest BCUT2D eigenvalue weighted by Crippen LogP contribution is 2.57. The lowest BCUT2D eigenvalue weighted by Crippen LogP contribution is -2.14. The second-order valence-corrected chi connectivity index (χ2v) is 34.7. The molecule has 3 heteroatoms. The van der Waals surface area contributed by atoms with E-state index in [1.807, 2.05) is 6.07 Å². The molecule has 0 bridgehead atoms. The first-order chi connectivity index (χ1) is 60.5. The lowest BCUT2D eigenvalue weighted by molar-refractivity contribution is 0.661. The van der Waals surface area contributed by atoms with Gasteiger partial charge in [0.15, 0.2) is 0 Å². The lowest BCUT2D eigenvalue weighted by atomic mass is 9.82. The summed E-state index contributed by atoms with van der Waals surface area (Å²) < 4.78 is 19.7. The van der Waals surface area contributed by atoms with Crippen LogP contribution in [0.2, 0.25) is 0 Å². The van der Waals surface area contributed by atoms with E-state index in [1.54, 1.807) is 0 Å². The van der Waals surface area contributed by atoms with Crippen molar-refractivity contribution in [1.82, 2.24) is 0 Å². The van der Waals surface area contributed by atoms with Crippen LogP contribution in [0.25, 0.3) is 242 Å². The van der Waals surface area contributed by atoms with Gasteiger partial charge in [-0.1, -0.05) is 361 Å². The average molecular weight is 1570 g/mol. The minimum absolute atomic E-state index is 0.0633. The van der Waals surface area contributed by atoms with Gasteiger partial charge in [0, 0.05) is 48.7 Å². The second-order valence-electron chi connectivity index (χ2n) is 34.7. The highest BCUT2D eigenvalue weighted by molar-refractivity contribution is 6.26. The van der Waals surface area contributed by atoms with E-state index in [-0.39, 0.29) is 10.8 Å². The molecule has 0 radical (unpaired) electrons. The molecule has 2 aliphatic carbocycles. The van der Waals surface area contributed by atoms with E-state index in [2.05, 4.69) is 422 Å². The number of fused-ring (bicyclic) bond motifs is 23. The fraction of sp³-hybridized carbons (Fsp3) is 0.0500.